The number of hydrogen-bond donors (Lipinski definition) is 4. The first-order chi connectivity index (χ1) is 20.5. The van der Waals surface area contributed by atoms with Gasteiger partial charge in [0.1, 0.15) is 22.8 Å². The van der Waals surface area contributed by atoms with Gasteiger partial charge in [-0.3, -0.25) is 9.69 Å². The van der Waals surface area contributed by atoms with Gasteiger partial charge in [0.2, 0.25) is 0 Å². The second-order valence-corrected chi connectivity index (χ2v) is 9.33. The number of carboxylic acid groups (broad SMARTS) is 1. The van der Waals surface area contributed by atoms with E-state index in [1.54, 1.807) is 37.3 Å². The van der Waals surface area contributed by atoms with Crippen molar-refractivity contribution in [2.24, 2.45) is 5.73 Å². The first-order valence-corrected chi connectivity index (χ1v) is 12.7. The van der Waals surface area contributed by atoms with Crippen molar-refractivity contribution in [2.45, 2.75) is 12.8 Å². The Hall–Kier alpha value is -6.09. The van der Waals surface area contributed by atoms with Crippen LogP contribution >= 0.6 is 0 Å². The van der Waals surface area contributed by atoms with E-state index >= 15 is 0 Å². The van der Waals surface area contributed by atoms with E-state index in [2.05, 4.69) is 11.4 Å². The van der Waals surface area contributed by atoms with Crippen LogP contribution in [0.15, 0.2) is 89.4 Å². The Kier molecular flexibility index (Phi) is 8.47. The van der Waals surface area contributed by atoms with Crippen LogP contribution in [0.3, 0.4) is 0 Å². The molecule has 0 aromatic heterocycles. The van der Waals surface area contributed by atoms with Crippen LogP contribution in [0.4, 0.5) is 11.4 Å². The molecule has 1 atom stereocenters. The van der Waals surface area contributed by atoms with E-state index in [4.69, 9.17) is 15.2 Å². The summed E-state index contributed by atoms with van der Waals surface area (Å²) >= 11 is 0. The van der Waals surface area contributed by atoms with Gasteiger partial charge in [0.15, 0.2) is 0 Å². The highest BCUT2D eigenvalue weighted by Gasteiger charge is 2.43. The quantitative estimate of drug-likeness (QED) is 0.235. The maximum atomic E-state index is 13.3. The maximum absolute atomic E-state index is 13.3. The van der Waals surface area contributed by atoms with Crippen LogP contribution in [0.1, 0.15) is 37.8 Å². The summed E-state index contributed by atoms with van der Waals surface area (Å²) in [4.78, 5) is 52.1. The van der Waals surface area contributed by atoms with Crippen molar-refractivity contribution in [3.8, 4) is 11.8 Å². The number of methoxy groups -OCH3 is 2. The fourth-order valence-electron chi connectivity index (χ4n) is 4.80. The van der Waals surface area contributed by atoms with Gasteiger partial charge in [-0.25, -0.2) is 14.4 Å². The molecule has 1 amide bonds. The number of carbonyl (C=O) groups excluding carboxylic acids is 3. The summed E-state index contributed by atoms with van der Waals surface area (Å²) in [7, 11) is 2.29. The number of aromatic carboxylic acids is 1. The van der Waals surface area contributed by atoms with Gasteiger partial charge in [0, 0.05) is 11.3 Å². The largest absolute Gasteiger partial charge is 0.507 e. The number of nitriles is 1. The van der Waals surface area contributed by atoms with Crippen molar-refractivity contribution in [3.05, 3.63) is 112 Å². The normalized spacial score (nSPS) is 14.6. The standard InChI is InChI=1S/C31H26N4O8/c1-16-13-18(28(37)34-19-10-12-23(36)20(14-19)29(38)39)9-11-22(16)35-26(31(41)43-3)25(30(40)42-2)24(21(15-32)27(35)33)17-7-5-4-6-8-17/h4-14,24,36H,33H2,1-3H3,(H,34,37)(H,38,39). The topological polar surface area (TPSA) is 192 Å². The summed E-state index contributed by atoms with van der Waals surface area (Å²) in [5.74, 6) is -5.37. The number of aryl methyl sites for hydroxylation is 1. The zero-order valence-corrected chi connectivity index (χ0v) is 23.2. The number of phenols is 1. The Morgan fingerprint density at radius 2 is 1.65 bits per heavy atom. The molecule has 0 saturated heterocycles. The summed E-state index contributed by atoms with van der Waals surface area (Å²) in [6.07, 6.45) is 0. The highest BCUT2D eigenvalue weighted by Crippen LogP contribution is 2.44. The molecule has 0 fully saturated rings. The summed E-state index contributed by atoms with van der Waals surface area (Å²) in [5, 5.41) is 31.7. The molecule has 3 aromatic rings. The minimum Gasteiger partial charge on any atom is -0.507 e. The third-order valence-electron chi connectivity index (χ3n) is 6.80. The van der Waals surface area contributed by atoms with Crippen molar-refractivity contribution in [3.63, 3.8) is 0 Å². The number of rotatable bonds is 7. The van der Waals surface area contributed by atoms with E-state index in [9.17, 15) is 34.7 Å². The zero-order chi connectivity index (χ0) is 31.4. The Balaban J connectivity index is 1.84. The molecule has 0 aliphatic carbocycles. The van der Waals surface area contributed by atoms with Crippen molar-refractivity contribution in [1.82, 2.24) is 0 Å². The SMILES string of the molecule is COC(=O)C1=C(C(=O)OC)N(c2ccc(C(=O)Nc3ccc(O)c(C(=O)O)c3)cc2C)C(N)=C(C#N)C1c1ccccc1. The molecule has 0 bridgehead atoms. The molecule has 0 radical (unpaired) electrons. The molecule has 1 heterocycles. The predicted octanol–water partition coefficient (Wildman–Crippen LogP) is 3.55. The number of nitrogens with two attached hydrogens (primary N) is 1. The molecule has 5 N–H and O–H groups in total. The van der Waals surface area contributed by atoms with Gasteiger partial charge < -0.3 is 30.7 Å². The van der Waals surface area contributed by atoms with Crippen molar-refractivity contribution >= 4 is 35.2 Å². The number of ether oxygens (including phenoxy) is 2. The third kappa shape index (κ3) is 5.59. The number of anilines is 2. The van der Waals surface area contributed by atoms with E-state index in [0.717, 1.165) is 26.4 Å². The average Bonchev–Trinajstić information content (AvgIpc) is 3.01. The average molecular weight is 583 g/mol. The lowest BCUT2D eigenvalue weighted by atomic mass is 9.80. The Morgan fingerprint density at radius 1 is 0.977 bits per heavy atom. The third-order valence-corrected chi connectivity index (χ3v) is 6.80. The predicted molar refractivity (Wildman–Crippen MR) is 154 cm³/mol. The lowest BCUT2D eigenvalue weighted by Crippen LogP contribution is -2.41. The molecule has 1 unspecified atom stereocenters. The van der Waals surface area contributed by atoms with Crippen LogP contribution in [-0.4, -0.2) is 48.2 Å². The first kappa shape index (κ1) is 29.9. The van der Waals surface area contributed by atoms with E-state index in [1.807, 2.05) is 0 Å². The fourth-order valence-corrected chi connectivity index (χ4v) is 4.80. The number of benzene rings is 3. The van der Waals surface area contributed by atoms with Gasteiger partial charge in [0.25, 0.3) is 5.91 Å². The van der Waals surface area contributed by atoms with Crippen molar-refractivity contribution in [2.75, 3.05) is 24.4 Å². The van der Waals surface area contributed by atoms with Gasteiger partial charge in [-0.05, 0) is 54.4 Å². The molecule has 43 heavy (non-hydrogen) atoms. The zero-order valence-electron chi connectivity index (χ0n) is 23.2. The number of aromatic hydroxyl groups is 1. The number of amides is 1. The summed E-state index contributed by atoms with van der Waals surface area (Å²) < 4.78 is 10.1. The number of allylic oxidation sites excluding steroid dienone is 1. The lowest BCUT2D eigenvalue weighted by molar-refractivity contribution is -0.139. The van der Waals surface area contributed by atoms with Crippen molar-refractivity contribution in [1.29, 1.82) is 5.26 Å². The Labute approximate surface area is 245 Å². The number of carboxylic acids is 1. The van der Waals surface area contributed by atoms with Crippen LogP contribution in [0.25, 0.3) is 0 Å². The Bertz CT molecular complexity index is 1750. The van der Waals surface area contributed by atoms with Crippen LogP contribution in [-0.2, 0) is 19.1 Å². The number of nitrogens with one attached hydrogen (secondary N) is 1. The van der Waals surface area contributed by atoms with Crippen molar-refractivity contribution < 1.29 is 38.9 Å². The number of nitrogens with zero attached hydrogens (tertiary/aromatic N) is 2. The molecule has 1 aliphatic rings. The first-order valence-electron chi connectivity index (χ1n) is 12.7. The van der Waals surface area contributed by atoms with E-state index in [0.29, 0.717) is 11.1 Å². The highest BCUT2D eigenvalue weighted by molar-refractivity contribution is 6.08. The summed E-state index contributed by atoms with van der Waals surface area (Å²) in [6, 6.07) is 18.6. The van der Waals surface area contributed by atoms with E-state index in [1.165, 1.54) is 29.2 Å². The van der Waals surface area contributed by atoms with Gasteiger partial charge in [-0.1, -0.05) is 30.3 Å². The molecular formula is C31H26N4O8. The number of esters is 2. The second kappa shape index (κ2) is 12.2. The molecule has 12 nitrogen and oxygen atoms in total. The second-order valence-electron chi connectivity index (χ2n) is 9.33. The van der Waals surface area contributed by atoms with Crippen LogP contribution in [0, 0.1) is 18.3 Å². The lowest BCUT2D eigenvalue weighted by Gasteiger charge is -2.36. The van der Waals surface area contributed by atoms with Gasteiger partial charge in [-0.2, -0.15) is 5.26 Å². The molecular weight excluding hydrogens is 556 g/mol. The smallest absolute Gasteiger partial charge is 0.355 e. The Morgan fingerprint density at radius 3 is 2.23 bits per heavy atom. The molecule has 4 rings (SSSR count). The number of carbonyl (C=O) groups is 4. The monoisotopic (exact) mass is 582 g/mol. The van der Waals surface area contributed by atoms with Crippen LogP contribution < -0.4 is 16.0 Å². The fraction of sp³-hybridized carbons (Fsp3) is 0.129. The molecule has 3 aromatic carbocycles. The van der Waals surface area contributed by atoms with Crippen LogP contribution in [0.5, 0.6) is 5.75 Å². The minimum absolute atomic E-state index is 0.0120. The molecule has 218 valence electrons. The van der Waals surface area contributed by atoms with Gasteiger partial charge in [0.05, 0.1) is 43.0 Å². The van der Waals surface area contributed by atoms with Gasteiger partial charge >= 0.3 is 17.9 Å². The summed E-state index contributed by atoms with van der Waals surface area (Å²) in [6.45, 7) is 1.63. The molecule has 12 heteroatoms. The van der Waals surface area contributed by atoms with Crippen LogP contribution in [0.2, 0.25) is 0 Å². The van der Waals surface area contributed by atoms with Gasteiger partial charge in [-0.15, -0.1) is 0 Å². The summed E-state index contributed by atoms with van der Waals surface area (Å²) in [5.41, 5.74) is 7.23. The van der Waals surface area contributed by atoms with E-state index < -0.39 is 35.5 Å². The van der Waals surface area contributed by atoms with E-state index in [-0.39, 0.29) is 45.2 Å². The number of hydrogen-bond acceptors (Lipinski definition) is 10. The molecule has 0 saturated carbocycles. The molecule has 1 aliphatic heterocycles. The maximum Gasteiger partial charge on any atom is 0.355 e. The highest BCUT2D eigenvalue weighted by atomic mass is 16.5. The molecule has 0 spiro atoms. The minimum atomic E-state index is -1.37.